The molecule has 0 aliphatic rings. The second-order valence-electron chi connectivity index (χ2n) is 6.38. The van der Waals surface area contributed by atoms with Gasteiger partial charge in [-0.1, -0.05) is 41.4 Å². The molecule has 0 atom stereocenters. The first-order valence-electron chi connectivity index (χ1n) is 9.12. The largest absolute Gasteiger partial charge is 0.744 e. The molecule has 3 aromatic rings. The highest BCUT2D eigenvalue weighted by Crippen LogP contribution is 2.09. The molecule has 0 aliphatic carbocycles. The predicted molar refractivity (Wildman–Crippen MR) is 112 cm³/mol. The molecule has 0 amide bonds. The molecule has 0 saturated carbocycles. The summed E-state index contributed by atoms with van der Waals surface area (Å²) in [6.45, 7) is 4.69. The Hall–Kier alpha value is -2.74. The molecule has 0 fully saturated rings. The number of hydrogen-bond donors (Lipinski definition) is 0. The van der Waals surface area contributed by atoms with Gasteiger partial charge in [0.25, 0.3) is 0 Å². The molecular weight excluding hydrogens is 426 g/mol. The van der Waals surface area contributed by atoms with Crippen molar-refractivity contribution in [2.75, 3.05) is 6.61 Å². The number of benzene rings is 2. The van der Waals surface area contributed by atoms with Crippen molar-refractivity contribution >= 4 is 27.7 Å². The third-order valence-electron chi connectivity index (χ3n) is 3.96. The maximum absolute atomic E-state index is 11.6. The second-order valence-corrected chi connectivity index (χ2v) is 8.19. The van der Waals surface area contributed by atoms with E-state index in [1.54, 1.807) is 25.1 Å². The topological polar surface area (TPSA) is 87.4 Å². The van der Waals surface area contributed by atoms with Crippen LogP contribution in [0.15, 0.2) is 78.0 Å². The number of pyridine rings is 1. The number of hydrogen-bond acceptors (Lipinski definition) is 5. The van der Waals surface area contributed by atoms with E-state index in [2.05, 4.69) is 0 Å². The highest BCUT2D eigenvalue weighted by atomic mass is 35.5. The van der Waals surface area contributed by atoms with Gasteiger partial charge >= 0.3 is 5.97 Å². The van der Waals surface area contributed by atoms with Crippen LogP contribution in [-0.4, -0.2) is 25.5 Å². The van der Waals surface area contributed by atoms with Crippen LogP contribution in [0.3, 0.4) is 0 Å². The van der Waals surface area contributed by atoms with Crippen molar-refractivity contribution in [2.45, 2.75) is 25.3 Å². The van der Waals surface area contributed by atoms with Gasteiger partial charge < -0.3 is 9.29 Å². The zero-order valence-corrected chi connectivity index (χ0v) is 18.2. The first kappa shape index (κ1) is 23.5. The Balaban J connectivity index is 0.000000248. The number of halogens is 1. The van der Waals surface area contributed by atoms with Gasteiger partial charge in [-0.05, 0) is 38.1 Å². The molecule has 158 valence electrons. The van der Waals surface area contributed by atoms with Gasteiger partial charge in [0.1, 0.15) is 10.1 Å². The van der Waals surface area contributed by atoms with E-state index in [0.29, 0.717) is 23.7 Å². The van der Waals surface area contributed by atoms with Crippen LogP contribution in [0.25, 0.3) is 0 Å². The fraction of sp³-hybridized carbons (Fsp3) is 0.182. The van der Waals surface area contributed by atoms with E-state index < -0.39 is 10.1 Å². The van der Waals surface area contributed by atoms with Crippen LogP contribution < -0.4 is 4.57 Å². The molecule has 0 radical (unpaired) electrons. The fourth-order valence-electron chi connectivity index (χ4n) is 2.47. The van der Waals surface area contributed by atoms with E-state index in [1.807, 2.05) is 54.2 Å². The summed E-state index contributed by atoms with van der Waals surface area (Å²) in [6.07, 6.45) is 3.80. The number of aromatic nitrogens is 1. The van der Waals surface area contributed by atoms with Crippen molar-refractivity contribution in [1.29, 1.82) is 0 Å². The number of esters is 1. The Kier molecular flexibility index (Phi) is 8.53. The second kappa shape index (κ2) is 10.9. The lowest BCUT2D eigenvalue weighted by atomic mass is 10.1. The van der Waals surface area contributed by atoms with Crippen LogP contribution in [0.1, 0.15) is 28.4 Å². The summed E-state index contributed by atoms with van der Waals surface area (Å²) in [7, 11) is -4.27. The number of aryl methyl sites for hydroxylation is 1. The lowest BCUT2D eigenvalue weighted by molar-refractivity contribution is -0.688. The summed E-state index contributed by atoms with van der Waals surface area (Å²) >= 11 is 5.84. The molecule has 0 aliphatic heterocycles. The van der Waals surface area contributed by atoms with Crippen LogP contribution in [-0.2, 0) is 21.4 Å². The van der Waals surface area contributed by atoms with Gasteiger partial charge in [0.05, 0.1) is 22.1 Å². The average Bonchev–Trinajstić information content (AvgIpc) is 2.70. The van der Waals surface area contributed by atoms with Gasteiger partial charge in [-0.15, -0.1) is 0 Å². The van der Waals surface area contributed by atoms with Crippen LogP contribution in [0.2, 0.25) is 5.02 Å². The van der Waals surface area contributed by atoms with Crippen molar-refractivity contribution in [3.8, 4) is 0 Å². The van der Waals surface area contributed by atoms with Crippen LogP contribution in [0.5, 0.6) is 0 Å². The molecule has 0 bridgehead atoms. The van der Waals surface area contributed by atoms with Crippen molar-refractivity contribution in [1.82, 2.24) is 0 Å². The number of nitrogens with zero attached hydrogens (tertiary/aromatic N) is 1. The quantitative estimate of drug-likeness (QED) is 0.337. The van der Waals surface area contributed by atoms with E-state index in [-0.39, 0.29) is 10.9 Å². The predicted octanol–water partition coefficient (Wildman–Crippen LogP) is 3.75. The molecule has 6 nitrogen and oxygen atoms in total. The van der Waals surface area contributed by atoms with Gasteiger partial charge in [0, 0.05) is 17.7 Å². The summed E-state index contributed by atoms with van der Waals surface area (Å²) in [6, 6.07) is 16.9. The van der Waals surface area contributed by atoms with Crippen molar-refractivity contribution < 1.29 is 27.1 Å². The Morgan fingerprint density at radius 2 is 1.70 bits per heavy atom. The molecule has 2 aromatic carbocycles. The normalized spacial score (nSPS) is 10.7. The van der Waals surface area contributed by atoms with E-state index in [4.69, 9.17) is 16.3 Å². The minimum absolute atomic E-state index is 0.178. The Morgan fingerprint density at radius 3 is 2.27 bits per heavy atom. The van der Waals surface area contributed by atoms with Crippen molar-refractivity contribution in [2.24, 2.45) is 0 Å². The molecule has 3 rings (SSSR count). The van der Waals surface area contributed by atoms with Crippen LogP contribution in [0, 0.1) is 6.92 Å². The Labute approximate surface area is 181 Å². The molecule has 1 heterocycles. The SMILES string of the molecule is CCOC(=O)c1cccc(C[n+]2ccc(Cl)cc2)c1.Cc1ccc(S(=O)(=O)[O-])cc1. The summed E-state index contributed by atoms with van der Waals surface area (Å²) in [4.78, 5) is 11.5. The van der Waals surface area contributed by atoms with E-state index in [1.165, 1.54) is 12.1 Å². The number of carbonyl (C=O) groups excluding carboxylic acids is 1. The van der Waals surface area contributed by atoms with Crippen LogP contribution in [0.4, 0.5) is 0 Å². The summed E-state index contributed by atoms with van der Waals surface area (Å²) in [5.74, 6) is -0.287. The minimum atomic E-state index is -4.27. The zero-order valence-electron chi connectivity index (χ0n) is 16.6. The average molecular weight is 448 g/mol. The highest BCUT2D eigenvalue weighted by molar-refractivity contribution is 7.85. The summed E-state index contributed by atoms with van der Waals surface area (Å²) in [5.41, 5.74) is 2.55. The maximum atomic E-state index is 11.6. The van der Waals surface area contributed by atoms with Crippen LogP contribution >= 0.6 is 11.6 Å². The number of rotatable bonds is 5. The number of carbonyl (C=O) groups is 1. The van der Waals surface area contributed by atoms with Gasteiger partial charge in [0.15, 0.2) is 18.9 Å². The highest BCUT2D eigenvalue weighted by Gasteiger charge is 2.09. The zero-order chi connectivity index (χ0) is 22.1. The first-order valence-corrected chi connectivity index (χ1v) is 10.9. The van der Waals surface area contributed by atoms with Gasteiger partial charge in [-0.2, -0.15) is 0 Å². The lowest BCUT2D eigenvalue weighted by Crippen LogP contribution is -2.33. The van der Waals surface area contributed by atoms with Gasteiger partial charge in [-0.25, -0.2) is 17.8 Å². The smallest absolute Gasteiger partial charge is 0.338 e. The monoisotopic (exact) mass is 447 g/mol. The Bertz CT molecular complexity index is 1080. The molecule has 8 heteroatoms. The lowest BCUT2D eigenvalue weighted by Gasteiger charge is -2.05. The number of ether oxygens (including phenoxy) is 1. The minimum Gasteiger partial charge on any atom is -0.744 e. The maximum Gasteiger partial charge on any atom is 0.338 e. The van der Waals surface area contributed by atoms with Gasteiger partial charge in [0.2, 0.25) is 0 Å². The Morgan fingerprint density at radius 1 is 1.07 bits per heavy atom. The molecule has 0 spiro atoms. The third-order valence-corrected chi connectivity index (χ3v) is 5.06. The van der Waals surface area contributed by atoms with Crippen molar-refractivity contribution in [3.05, 3.63) is 94.8 Å². The molecule has 0 saturated heterocycles. The third kappa shape index (κ3) is 7.59. The fourth-order valence-corrected chi connectivity index (χ4v) is 3.05. The summed E-state index contributed by atoms with van der Waals surface area (Å²) in [5, 5.41) is 0.705. The van der Waals surface area contributed by atoms with E-state index in [9.17, 15) is 17.8 Å². The molecule has 0 N–H and O–H groups in total. The van der Waals surface area contributed by atoms with E-state index >= 15 is 0 Å². The summed E-state index contributed by atoms with van der Waals surface area (Å²) < 4.78 is 38.1. The first-order chi connectivity index (χ1) is 14.2. The van der Waals surface area contributed by atoms with Gasteiger partial charge in [-0.3, -0.25) is 0 Å². The molecular formula is C22H22ClNO5S. The molecule has 1 aromatic heterocycles. The molecule has 30 heavy (non-hydrogen) atoms. The standard InChI is InChI=1S/C15H15ClNO2.C7H8O3S/c1-2-19-15(18)13-5-3-4-12(10-13)11-17-8-6-14(16)7-9-17;1-6-2-4-7(5-3-6)11(8,9)10/h3-10H,2,11H2,1H3;2-5H,1H3,(H,8,9,10)/q+1;/p-1. The van der Waals surface area contributed by atoms with E-state index in [0.717, 1.165) is 11.1 Å². The van der Waals surface area contributed by atoms with Crippen molar-refractivity contribution in [3.63, 3.8) is 0 Å². The molecule has 0 unspecified atom stereocenters.